The number of hydrogen-bond donors (Lipinski definition) is 0. The molecule has 0 atom stereocenters. The van der Waals surface area contributed by atoms with Crippen molar-refractivity contribution in [2.75, 3.05) is 13.1 Å². The second-order valence-electron chi connectivity index (χ2n) is 7.64. The van der Waals surface area contributed by atoms with Gasteiger partial charge in [0.1, 0.15) is 6.33 Å². The lowest BCUT2D eigenvalue weighted by Crippen LogP contribution is -2.38. The molecule has 4 heterocycles. The van der Waals surface area contributed by atoms with E-state index in [-0.39, 0.29) is 0 Å². The van der Waals surface area contributed by atoms with Crippen LogP contribution >= 0.6 is 0 Å². The van der Waals surface area contributed by atoms with Gasteiger partial charge in [0.15, 0.2) is 5.65 Å². The van der Waals surface area contributed by atoms with E-state index in [1.165, 1.54) is 11.1 Å². The van der Waals surface area contributed by atoms with E-state index in [1.54, 1.807) is 45.2 Å². The molecule has 29 heavy (non-hydrogen) atoms. The van der Waals surface area contributed by atoms with Crippen molar-refractivity contribution in [3.05, 3.63) is 54.1 Å². The molecular weight excluding hydrogens is 388 g/mol. The molecule has 3 aromatic heterocycles. The molecule has 1 aliphatic heterocycles. The van der Waals surface area contributed by atoms with E-state index < -0.39 is 10.0 Å². The number of pyridine rings is 1. The van der Waals surface area contributed by atoms with Crippen LogP contribution in [0.4, 0.5) is 0 Å². The normalized spacial score (nSPS) is 16.8. The molecule has 5 rings (SSSR count). The van der Waals surface area contributed by atoms with Crippen LogP contribution in [0, 0.1) is 6.92 Å². The minimum absolute atomic E-state index is 0.309. The van der Waals surface area contributed by atoms with Crippen molar-refractivity contribution in [3.63, 3.8) is 0 Å². The number of sulfonamides is 1. The van der Waals surface area contributed by atoms with Crippen LogP contribution in [-0.4, -0.2) is 50.2 Å². The van der Waals surface area contributed by atoms with Crippen LogP contribution in [0.3, 0.4) is 0 Å². The smallest absolute Gasteiger partial charge is 0.243 e. The molecule has 0 spiro atoms. The summed E-state index contributed by atoms with van der Waals surface area (Å²) in [6.07, 6.45) is 6.91. The minimum atomic E-state index is -3.56. The summed E-state index contributed by atoms with van der Waals surface area (Å²) in [6.45, 7) is 3.08. The summed E-state index contributed by atoms with van der Waals surface area (Å²) in [5, 5.41) is 9.24. The predicted octanol–water partition coefficient (Wildman–Crippen LogP) is 2.49. The fraction of sp³-hybridized carbons (Fsp3) is 0.350. The summed E-state index contributed by atoms with van der Waals surface area (Å²) >= 11 is 0. The Hall–Kier alpha value is -2.78. The zero-order valence-electron chi connectivity index (χ0n) is 16.4. The van der Waals surface area contributed by atoms with Crippen LogP contribution in [0.15, 0.2) is 47.9 Å². The van der Waals surface area contributed by atoms with Crippen LogP contribution in [0.1, 0.15) is 29.9 Å². The van der Waals surface area contributed by atoms with Gasteiger partial charge >= 0.3 is 0 Å². The van der Waals surface area contributed by atoms with Crippen LogP contribution in [-0.2, 0) is 17.1 Å². The Labute approximate surface area is 168 Å². The van der Waals surface area contributed by atoms with Gasteiger partial charge in [-0.15, -0.1) is 0 Å². The van der Waals surface area contributed by atoms with Crippen molar-refractivity contribution in [2.24, 2.45) is 7.05 Å². The summed E-state index contributed by atoms with van der Waals surface area (Å²) in [6, 6.07) is 7.30. The molecule has 0 aliphatic carbocycles. The molecule has 9 heteroatoms. The highest BCUT2D eigenvalue weighted by Gasteiger charge is 2.32. The monoisotopic (exact) mass is 410 g/mol. The zero-order valence-corrected chi connectivity index (χ0v) is 17.2. The fourth-order valence-corrected chi connectivity index (χ4v) is 5.96. The van der Waals surface area contributed by atoms with E-state index >= 15 is 0 Å². The van der Waals surface area contributed by atoms with Crippen LogP contribution in [0.25, 0.3) is 16.6 Å². The van der Waals surface area contributed by atoms with Gasteiger partial charge in [-0.25, -0.2) is 17.9 Å². The maximum absolute atomic E-state index is 13.3. The van der Waals surface area contributed by atoms with E-state index in [1.807, 2.05) is 18.3 Å². The summed E-state index contributed by atoms with van der Waals surface area (Å²) < 4.78 is 31.7. The first kappa shape index (κ1) is 18.3. The molecule has 1 fully saturated rings. The number of hydrogen-bond acceptors (Lipinski definition) is 5. The van der Waals surface area contributed by atoms with E-state index in [2.05, 4.69) is 22.1 Å². The number of rotatable bonds is 3. The number of benzene rings is 1. The van der Waals surface area contributed by atoms with Crippen molar-refractivity contribution in [3.8, 4) is 0 Å². The van der Waals surface area contributed by atoms with E-state index in [4.69, 9.17) is 0 Å². The van der Waals surface area contributed by atoms with E-state index in [0.29, 0.717) is 34.8 Å². The summed E-state index contributed by atoms with van der Waals surface area (Å²) in [5.74, 6) is 0.309. The summed E-state index contributed by atoms with van der Waals surface area (Å²) in [4.78, 5) is 4.56. The first-order chi connectivity index (χ1) is 13.9. The summed E-state index contributed by atoms with van der Waals surface area (Å²) in [7, 11) is -1.76. The molecule has 0 saturated carbocycles. The molecule has 150 valence electrons. The lowest BCUT2D eigenvalue weighted by Gasteiger charge is -2.32. The van der Waals surface area contributed by atoms with Crippen molar-refractivity contribution >= 4 is 26.6 Å². The maximum Gasteiger partial charge on any atom is 0.243 e. The number of fused-ring (bicyclic) bond motifs is 2. The van der Waals surface area contributed by atoms with Gasteiger partial charge in [0.25, 0.3) is 0 Å². The third-order valence-corrected chi connectivity index (χ3v) is 7.76. The molecule has 8 nitrogen and oxygen atoms in total. The number of piperidine rings is 1. The van der Waals surface area contributed by atoms with Gasteiger partial charge in [0, 0.05) is 37.9 Å². The SMILES string of the molecule is Cc1cc2ncnn2cc1C1CCN(S(=O)(=O)c2cccc3nn(C)cc23)CC1. The molecule has 1 aliphatic rings. The van der Waals surface area contributed by atoms with Gasteiger partial charge in [0.05, 0.1) is 10.4 Å². The average Bonchev–Trinajstić information content (AvgIpc) is 3.31. The zero-order chi connectivity index (χ0) is 20.2. The molecule has 4 aromatic rings. The largest absolute Gasteiger partial charge is 0.275 e. The van der Waals surface area contributed by atoms with Gasteiger partial charge in [0.2, 0.25) is 10.0 Å². The maximum atomic E-state index is 13.3. The van der Waals surface area contributed by atoms with Crippen LogP contribution < -0.4 is 0 Å². The van der Waals surface area contributed by atoms with Gasteiger partial charge in [-0.3, -0.25) is 4.68 Å². The lowest BCUT2D eigenvalue weighted by molar-refractivity contribution is 0.319. The van der Waals surface area contributed by atoms with E-state index in [0.717, 1.165) is 18.5 Å². The second-order valence-corrected chi connectivity index (χ2v) is 9.55. The average molecular weight is 411 g/mol. The van der Waals surface area contributed by atoms with Crippen molar-refractivity contribution in [2.45, 2.75) is 30.6 Å². The number of aromatic nitrogens is 5. The standard InChI is InChI=1S/C20H22N6O2S/c1-14-10-20-21-13-22-26(20)12-16(14)15-6-8-25(9-7-15)29(27,28)19-5-3-4-18-17(19)11-24(2)23-18/h3-5,10-13,15H,6-9H2,1-2H3. The highest BCUT2D eigenvalue weighted by atomic mass is 32.2. The Morgan fingerprint density at radius 2 is 1.93 bits per heavy atom. The highest BCUT2D eigenvalue weighted by molar-refractivity contribution is 7.89. The van der Waals surface area contributed by atoms with Crippen molar-refractivity contribution in [1.82, 2.24) is 28.7 Å². The molecule has 0 amide bonds. The van der Waals surface area contributed by atoms with Crippen LogP contribution in [0.5, 0.6) is 0 Å². The van der Waals surface area contributed by atoms with Gasteiger partial charge < -0.3 is 0 Å². The van der Waals surface area contributed by atoms with Gasteiger partial charge in [-0.1, -0.05) is 6.07 Å². The third-order valence-electron chi connectivity index (χ3n) is 5.80. The fourth-order valence-electron chi connectivity index (χ4n) is 4.31. The molecule has 1 aromatic carbocycles. The minimum Gasteiger partial charge on any atom is -0.275 e. The molecule has 1 saturated heterocycles. The first-order valence-electron chi connectivity index (χ1n) is 9.66. The topological polar surface area (TPSA) is 85.4 Å². The lowest BCUT2D eigenvalue weighted by atomic mass is 9.89. The van der Waals surface area contributed by atoms with Crippen LogP contribution in [0.2, 0.25) is 0 Å². The summed E-state index contributed by atoms with van der Waals surface area (Å²) in [5.41, 5.74) is 3.91. The second kappa shape index (κ2) is 6.64. The molecular formula is C20H22N6O2S. The van der Waals surface area contributed by atoms with Gasteiger partial charge in [-0.2, -0.15) is 14.5 Å². The molecule has 0 radical (unpaired) electrons. The Balaban J connectivity index is 1.41. The Morgan fingerprint density at radius 3 is 2.72 bits per heavy atom. The van der Waals surface area contributed by atoms with Crippen molar-refractivity contribution < 1.29 is 8.42 Å². The molecule has 0 N–H and O–H groups in total. The first-order valence-corrected chi connectivity index (χ1v) is 11.1. The predicted molar refractivity (Wildman–Crippen MR) is 109 cm³/mol. The third kappa shape index (κ3) is 3.01. The Kier molecular flexibility index (Phi) is 4.18. The van der Waals surface area contributed by atoms with E-state index in [9.17, 15) is 8.42 Å². The highest BCUT2D eigenvalue weighted by Crippen LogP contribution is 2.34. The van der Waals surface area contributed by atoms with Gasteiger partial charge in [-0.05, 0) is 55.0 Å². The Morgan fingerprint density at radius 1 is 1.14 bits per heavy atom. The number of nitrogens with zero attached hydrogens (tertiary/aromatic N) is 6. The Bertz CT molecular complexity index is 1320. The quantitative estimate of drug-likeness (QED) is 0.518. The number of aryl methyl sites for hydroxylation is 2. The van der Waals surface area contributed by atoms with Crippen molar-refractivity contribution in [1.29, 1.82) is 0 Å². The molecule has 0 bridgehead atoms. The molecule has 0 unspecified atom stereocenters.